The van der Waals surface area contributed by atoms with E-state index in [1.807, 2.05) is 6.07 Å². The molecule has 0 spiro atoms. The van der Waals surface area contributed by atoms with Crippen molar-refractivity contribution in [2.75, 3.05) is 0 Å². The molecule has 0 amide bonds. The number of fused-ring (bicyclic) bond motifs is 1. The molecule has 3 aromatic rings. The third kappa shape index (κ3) is 2.05. The largest absolute Gasteiger partial charge is 0.269 e. The zero-order valence-electron chi connectivity index (χ0n) is 10.6. The zero-order valence-corrected chi connectivity index (χ0v) is 13.0. The number of aromatic nitrogens is 2. The lowest BCUT2D eigenvalue weighted by atomic mass is 10.3. The lowest BCUT2D eigenvalue weighted by molar-refractivity contribution is 0.587. The Hall–Kier alpha value is -1.66. The fourth-order valence-electron chi connectivity index (χ4n) is 2.14. The summed E-state index contributed by atoms with van der Waals surface area (Å²) in [6.45, 7) is 1.69. The fourth-order valence-corrected chi connectivity index (χ4v) is 3.90. The van der Waals surface area contributed by atoms with Crippen LogP contribution in [0.3, 0.4) is 0 Å². The van der Waals surface area contributed by atoms with Gasteiger partial charge in [0, 0.05) is 4.47 Å². The lowest BCUT2D eigenvalue weighted by Crippen LogP contribution is -2.14. The van der Waals surface area contributed by atoms with Gasteiger partial charge in [-0.15, -0.1) is 0 Å². The first-order chi connectivity index (χ1) is 9.50. The topological polar surface area (TPSA) is 52.0 Å². The minimum atomic E-state index is -3.64. The number of hydrogen-bond acceptors (Lipinski definition) is 3. The van der Waals surface area contributed by atoms with Crippen LogP contribution < -0.4 is 0 Å². The van der Waals surface area contributed by atoms with E-state index in [2.05, 4.69) is 20.9 Å². The van der Waals surface area contributed by atoms with E-state index in [9.17, 15) is 8.42 Å². The summed E-state index contributed by atoms with van der Waals surface area (Å²) in [5.41, 5.74) is 1.26. The van der Waals surface area contributed by atoms with Crippen molar-refractivity contribution in [3.05, 3.63) is 58.8 Å². The van der Waals surface area contributed by atoms with Crippen LogP contribution in [0.2, 0.25) is 0 Å². The number of hydrogen-bond donors (Lipinski definition) is 0. The van der Waals surface area contributed by atoms with Gasteiger partial charge in [-0.1, -0.05) is 28.1 Å². The second-order valence-electron chi connectivity index (χ2n) is 4.37. The molecular weight excluding hydrogens is 340 g/mol. The maximum atomic E-state index is 12.7. The minimum Gasteiger partial charge on any atom is -0.232 e. The quantitative estimate of drug-likeness (QED) is 0.712. The number of aryl methyl sites for hydroxylation is 1. The summed E-state index contributed by atoms with van der Waals surface area (Å²) in [5, 5.41) is 0. The van der Waals surface area contributed by atoms with E-state index in [4.69, 9.17) is 0 Å². The van der Waals surface area contributed by atoms with E-state index in [0.29, 0.717) is 16.9 Å². The van der Waals surface area contributed by atoms with E-state index >= 15 is 0 Å². The van der Waals surface area contributed by atoms with Crippen molar-refractivity contribution >= 4 is 37.0 Å². The van der Waals surface area contributed by atoms with Crippen LogP contribution in [0.4, 0.5) is 0 Å². The molecule has 2 aromatic carbocycles. The van der Waals surface area contributed by atoms with Crippen LogP contribution in [0, 0.1) is 6.92 Å². The van der Waals surface area contributed by atoms with Crippen LogP contribution >= 0.6 is 15.9 Å². The van der Waals surface area contributed by atoms with Gasteiger partial charge in [0.2, 0.25) is 0 Å². The van der Waals surface area contributed by atoms with Crippen molar-refractivity contribution in [1.82, 2.24) is 8.96 Å². The van der Waals surface area contributed by atoms with Crippen LogP contribution in [-0.2, 0) is 10.0 Å². The molecule has 0 saturated carbocycles. The molecule has 0 N–H and O–H groups in total. The van der Waals surface area contributed by atoms with Crippen LogP contribution in [0.5, 0.6) is 0 Å². The second kappa shape index (κ2) is 4.71. The van der Waals surface area contributed by atoms with Gasteiger partial charge >= 0.3 is 0 Å². The molecular formula is C14H11BrN2O2S. The molecule has 0 bridgehead atoms. The Morgan fingerprint density at radius 3 is 2.40 bits per heavy atom. The van der Waals surface area contributed by atoms with E-state index in [1.54, 1.807) is 49.4 Å². The Morgan fingerprint density at radius 2 is 1.70 bits per heavy atom. The monoisotopic (exact) mass is 350 g/mol. The summed E-state index contributed by atoms with van der Waals surface area (Å²) in [5.74, 6) is 0.453. The average molecular weight is 351 g/mol. The van der Waals surface area contributed by atoms with E-state index in [0.717, 1.165) is 4.47 Å². The molecule has 0 aliphatic carbocycles. The highest BCUT2D eigenvalue weighted by Gasteiger charge is 2.22. The van der Waals surface area contributed by atoms with Crippen molar-refractivity contribution in [2.45, 2.75) is 11.8 Å². The first-order valence-corrected chi connectivity index (χ1v) is 8.19. The summed E-state index contributed by atoms with van der Waals surface area (Å²) >= 11 is 3.30. The van der Waals surface area contributed by atoms with Gasteiger partial charge in [-0.05, 0) is 43.3 Å². The molecule has 0 saturated heterocycles. The van der Waals surface area contributed by atoms with Crippen molar-refractivity contribution in [3.8, 4) is 0 Å². The van der Waals surface area contributed by atoms with Crippen molar-refractivity contribution in [1.29, 1.82) is 0 Å². The van der Waals surface area contributed by atoms with Gasteiger partial charge in [-0.3, -0.25) is 0 Å². The highest BCUT2D eigenvalue weighted by atomic mass is 79.9. The highest BCUT2D eigenvalue weighted by molar-refractivity contribution is 9.10. The van der Waals surface area contributed by atoms with Gasteiger partial charge in [0.1, 0.15) is 5.82 Å². The summed E-state index contributed by atoms with van der Waals surface area (Å²) < 4.78 is 27.6. The average Bonchev–Trinajstić information content (AvgIpc) is 2.75. The maximum Gasteiger partial charge on any atom is 0.269 e. The highest BCUT2D eigenvalue weighted by Crippen LogP contribution is 2.23. The van der Waals surface area contributed by atoms with Crippen molar-refractivity contribution < 1.29 is 8.42 Å². The molecule has 6 heteroatoms. The Bertz CT molecular complexity index is 883. The molecule has 1 aromatic heterocycles. The van der Waals surface area contributed by atoms with E-state index in [-0.39, 0.29) is 4.90 Å². The smallest absolute Gasteiger partial charge is 0.232 e. The van der Waals surface area contributed by atoms with E-state index in [1.165, 1.54) is 3.97 Å². The molecule has 1 heterocycles. The van der Waals surface area contributed by atoms with Crippen LogP contribution in [0.1, 0.15) is 5.82 Å². The number of imidazole rings is 1. The van der Waals surface area contributed by atoms with Gasteiger partial charge in [0.05, 0.1) is 15.9 Å². The third-order valence-electron chi connectivity index (χ3n) is 3.03. The molecule has 0 radical (unpaired) electrons. The van der Waals surface area contributed by atoms with Crippen LogP contribution in [0.15, 0.2) is 57.9 Å². The first-order valence-electron chi connectivity index (χ1n) is 5.95. The molecule has 0 fully saturated rings. The Labute approximate surface area is 125 Å². The summed E-state index contributed by atoms with van der Waals surface area (Å²) in [7, 11) is -3.64. The van der Waals surface area contributed by atoms with Crippen molar-refractivity contribution in [3.63, 3.8) is 0 Å². The van der Waals surface area contributed by atoms with Gasteiger partial charge in [-0.25, -0.2) is 17.4 Å². The lowest BCUT2D eigenvalue weighted by Gasteiger charge is -2.08. The predicted molar refractivity (Wildman–Crippen MR) is 81.2 cm³/mol. The first kappa shape index (κ1) is 13.3. The minimum absolute atomic E-state index is 0.243. The Balaban J connectivity index is 2.29. The predicted octanol–water partition coefficient (Wildman–Crippen LogP) is 3.34. The number of halogens is 1. The fraction of sp³-hybridized carbons (Fsp3) is 0.0714. The van der Waals surface area contributed by atoms with E-state index < -0.39 is 10.0 Å². The summed E-state index contributed by atoms with van der Waals surface area (Å²) in [4.78, 5) is 4.54. The molecule has 0 aliphatic heterocycles. The Morgan fingerprint density at radius 1 is 1.05 bits per heavy atom. The summed E-state index contributed by atoms with van der Waals surface area (Å²) in [6.07, 6.45) is 0. The summed E-state index contributed by atoms with van der Waals surface area (Å²) in [6, 6.07) is 13.8. The molecule has 20 heavy (non-hydrogen) atoms. The Kier molecular flexibility index (Phi) is 3.14. The zero-order chi connectivity index (χ0) is 14.3. The van der Waals surface area contributed by atoms with Gasteiger partial charge < -0.3 is 0 Å². The normalized spacial score (nSPS) is 11.9. The maximum absolute atomic E-state index is 12.7. The van der Waals surface area contributed by atoms with Gasteiger partial charge in [0.25, 0.3) is 10.0 Å². The van der Waals surface area contributed by atoms with Crippen LogP contribution in [-0.4, -0.2) is 17.4 Å². The van der Waals surface area contributed by atoms with Crippen molar-refractivity contribution in [2.24, 2.45) is 0 Å². The molecule has 0 unspecified atom stereocenters. The number of rotatable bonds is 2. The standard InChI is InChI=1S/C14H11BrN2O2S/c1-10-16-13-4-2-3-5-14(13)17(10)20(18,19)12-8-6-11(15)7-9-12/h2-9H,1H3. The molecule has 0 aliphatic rings. The van der Waals surface area contributed by atoms with Gasteiger partial charge in [-0.2, -0.15) is 0 Å². The molecule has 0 atom stereocenters. The van der Waals surface area contributed by atoms with Gasteiger partial charge in [0.15, 0.2) is 0 Å². The third-order valence-corrected chi connectivity index (χ3v) is 5.37. The SMILES string of the molecule is Cc1nc2ccccc2n1S(=O)(=O)c1ccc(Br)cc1. The molecule has 3 rings (SSSR count). The molecule has 4 nitrogen and oxygen atoms in total. The molecule has 102 valence electrons. The van der Waals surface area contributed by atoms with Crippen LogP contribution in [0.25, 0.3) is 11.0 Å². The number of para-hydroxylation sites is 2. The second-order valence-corrected chi connectivity index (χ2v) is 7.07. The number of benzene rings is 2. The number of nitrogens with zero attached hydrogens (tertiary/aromatic N) is 2.